The predicted molar refractivity (Wildman–Crippen MR) is 88.6 cm³/mol. The van der Waals surface area contributed by atoms with Gasteiger partial charge in [0.25, 0.3) is 0 Å². The van der Waals surface area contributed by atoms with Crippen LogP contribution in [0.2, 0.25) is 0 Å². The summed E-state index contributed by atoms with van der Waals surface area (Å²) in [6.45, 7) is 2.86. The van der Waals surface area contributed by atoms with E-state index >= 15 is 0 Å². The molecule has 0 aliphatic rings. The Kier molecular flexibility index (Phi) is 10.7. The van der Waals surface area contributed by atoms with Crippen molar-refractivity contribution in [2.24, 2.45) is 0 Å². The zero-order valence-electron chi connectivity index (χ0n) is 12.9. The van der Waals surface area contributed by atoms with Crippen molar-refractivity contribution in [1.29, 1.82) is 10.5 Å². The summed E-state index contributed by atoms with van der Waals surface area (Å²) in [5.41, 5.74) is 2.04. The monoisotopic (exact) mass is 479 g/mol. The Hall–Kier alpha value is -2.52. The first-order valence-electron chi connectivity index (χ1n) is 6.71. The summed E-state index contributed by atoms with van der Waals surface area (Å²) >= 11 is 0. The van der Waals surface area contributed by atoms with Crippen LogP contribution in [0.25, 0.3) is 22.0 Å². The van der Waals surface area contributed by atoms with E-state index in [2.05, 4.69) is 23.2 Å². The molecule has 4 heteroatoms. The van der Waals surface area contributed by atoms with Crippen molar-refractivity contribution < 1.29 is 20.1 Å². The average molecular weight is 479 g/mol. The Labute approximate surface area is 150 Å². The van der Waals surface area contributed by atoms with E-state index in [0.717, 1.165) is 11.3 Å². The summed E-state index contributed by atoms with van der Waals surface area (Å²) in [7, 11) is 0. The van der Waals surface area contributed by atoms with Gasteiger partial charge in [0.05, 0.1) is 12.1 Å². The van der Waals surface area contributed by atoms with Gasteiger partial charge < -0.3 is 4.98 Å². The van der Waals surface area contributed by atoms with Gasteiger partial charge >= 0.3 is 0 Å². The van der Waals surface area contributed by atoms with Crippen molar-refractivity contribution in [2.45, 2.75) is 13.8 Å². The molecule has 0 aliphatic carbocycles. The van der Waals surface area contributed by atoms with Gasteiger partial charge in [-0.15, -0.1) is 35.9 Å². The number of benzene rings is 2. The quantitative estimate of drug-likeness (QED) is 0.474. The van der Waals surface area contributed by atoms with Crippen LogP contribution in [0.4, 0.5) is 0 Å². The summed E-state index contributed by atoms with van der Waals surface area (Å²) in [6, 6.07) is 24.9. The molecule has 0 spiro atoms. The fraction of sp³-hybridized carbons (Fsp3) is 0.105. The third-order valence-corrected chi connectivity index (χ3v) is 2.64. The number of hydrogen-bond acceptors (Lipinski definition) is 3. The fourth-order valence-corrected chi connectivity index (χ4v) is 1.87. The molecule has 0 bridgehead atoms. The Morgan fingerprint density at radius 1 is 0.913 bits per heavy atom. The molecule has 117 valence electrons. The molecule has 2 aromatic carbocycles. The van der Waals surface area contributed by atoms with E-state index in [-0.39, 0.29) is 20.1 Å². The molecule has 0 saturated carbocycles. The van der Waals surface area contributed by atoms with Gasteiger partial charge in [0.15, 0.2) is 0 Å². The zero-order valence-corrected chi connectivity index (χ0v) is 15.3. The Morgan fingerprint density at radius 3 is 2.13 bits per heavy atom. The largest absolute Gasteiger partial charge is 0.304 e. The smallest absolute Gasteiger partial charge is 0.0587 e. The van der Waals surface area contributed by atoms with Crippen LogP contribution in [0.15, 0.2) is 60.8 Å². The topological polar surface area (TPSA) is 60.5 Å². The summed E-state index contributed by atoms with van der Waals surface area (Å²) < 4.78 is 0. The molecule has 3 rings (SSSR count). The molecule has 0 amide bonds. The van der Waals surface area contributed by atoms with Crippen molar-refractivity contribution >= 4 is 10.8 Å². The number of aromatic nitrogens is 1. The number of nitriles is 2. The SMILES string of the molecule is CC#N.CC#N.[Ir].[c-]1ccccc1-c1nccc2ccccc12. The molecule has 0 atom stereocenters. The maximum atomic E-state index is 7.32. The summed E-state index contributed by atoms with van der Waals surface area (Å²) in [5.74, 6) is 0. The van der Waals surface area contributed by atoms with E-state index in [0.29, 0.717) is 0 Å². The number of rotatable bonds is 1. The van der Waals surface area contributed by atoms with E-state index in [1.807, 2.05) is 48.7 Å². The van der Waals surface area contributed by atoms with Crippen LogP contribution < -0.4 is 0 Å². The van der Waals surface area contributed by atoms with Crippen molar-refractivity contribution in [1.82, 2.24) is 4.98 Å². The Morgan fingerprint density at radius 2 is 1.52 bits per heavy atom. The second-order valence-electron chi connectivity index (χ2n) is 4.10. The molecule has 0 fully saturated rings. The summed E-state index contributed by atoms with van der Waals surface area (Å²) in [4.78, 5) is 4.45. The average Bonchev–Trinajstić information content (AvgIpc) is 2.57. The van der Waals surface area contributed by atoms with Crippen LogP contribution >= 0.6 is 0 Å². The maximum Gasteiger partial charge on any atom is 0.0587 e. The van der Waals surface area contributed by atoms with Gasteiger partial charge in [-0.2, -0.15) is 10.5 Å². The predicted octanol–water partition coefficient (Wildman–Crippen LogP) is 4.76. The molecule has 1 radical (unpaired) electrons. The standard InChI is InChI=1S/C15H10N.2C2H3N.Ir/c1-2-7-13(8-3-1)15-14-9-5-4-6-12(14)10-11-16-15;2*1-2-3;/h1-7,9-11H;2*1H3;/q-1;;;. The van der Waals surface area contributed by atoms with E-state index in [4.69, 9.17) is 10.5 Å². The summed E-state index contributed by atoms with van der Waals surface area (Å²) in [6.07, 6.45) is 1.85. The van der Waals surface area contributed by atoms with E-state index in [9.17, 15) is 0 Å². The van der Waals surface area contributed by atoms with Gasteiger partial charge in [-0.05, 0) is 22.5 Å². The molecule has 23 heavy (non-hydrogen) atoms. The molecule has 0 aliphatic heterocycles. The van der Waals surface area contributed by atoms with Crippen LogP contribution in [-0.4, -0.2) is 4.98 Å². The third kappa shape index (κ3) is 6.41. The van der Waals surface area contributed by atoms with Gasteiger partial charge in [-0.3, -0.25) is 0 Å². The molecule has 1 heterocycles. The van der Waals surface area contributed by atoms with Crippen molar-refractivity contribution in [3.8, 4) is 23.4 Å². The second-order valence-corrected chi connectivity index (χ2v) is 4.10. The van der Waals surface area contributed by atoms with Gasteiger partial charge in [0.1, 0.15) is 0 Å². The van der Waals surface area contributed by atoms with Gasteiger partial charge in [-0.25, -0.2) is 0 Å². The number of fused-ring (bicyclic) bond motifs is 1. The molecule has 0 saturated heterocycles. The van der Waals surface area contributed by atoms with Crippen LogP contribution in [0.1, 0.15) is 13.8 Å². The molecule has 3 aromatic rings. The number of nitrogens with zero attached hydrogens (tertiary/aromatic N) is 3. The summed E-state index contributed by atoms with van der Waals surface area (Å²) in [5, 5.41) is 17.0. The van der Waals surface area contributed by atoms with E-state index in [1.165, 1.54) is 24.6 Å². The van der Waals surface area contributed by atoms with E-state index < -0.39 is 0 Å². The molecule has 0 unspecified atom stereocenters. The van der Waals surface area contributed by atoms with Crippen LogP contribution in [0.3, 0.4) is 0 Å². The van der Waals surface area contributed by atoms with Crippen LogP contribution in [0, 0.1) is 28.7 Å². The molecular weight excluding hydrogens is 462 g/mol. The Bertz CT molecular complexity index is 770. The number of pyridine rings is 1. The number of hydrogen-bond donors (Lipinski definition) is 0. The van der Waals surface area contributed by atoms with Crippen molar-refractivity contribution in [3.63, 3.8) is 0 Å². The molecular formula is C19H16IrN3-. The minimum Gasteiger partial charge on any atom is -0.304 e. The molecule has 1 aromatic heterocycles. The van der Waals surface area contributed by atoms with Crippen LogP contribution in [-0.2, 0) is 20.1 Å². The van der Waals surface area contributed by atoms with Crippen molar-refractivity contribution in [3.05, 3.63) is 66.9 Å². The fourth-order valence-electron chi connectivity index (χ4n) is 1.87. The second kappa shape index (κ2) is 12.1. The first-order chi connectivity index (χ1) is 10.8. The zero-order chi connectivity index (χ0) is 16.2. The Balaban J connectivity index is 0.000000610. The van der Waals surface area contributed by atoms with Gasteiger partial charge in [0.2, 0.25) is 0 Å². The maximum absolute atomic E-state index is 7.32. The third-order valence-electron chi connectivity index (χ3n) is 2.64. The van der Waals surface area contributed by atoms with Gasteiger partial charge in [-0.1, -0.05) is 24.3 Å². The first kappa shape index (κ1) is 20.5. The minimum absolute atomic E-state index is 0. The normalized spacial score (nSPS) is 8.00. The first-order valence-corrected chi connectivity index (χ1v) is 6.71. The minimum atomic E-state index is 0. The van der Waals surface area contributed by atoms with Crippen LogP contribution in [0.5, 0.6) is 0 Å². The molecule has 0 N–H and O–H groups in total. The van der Waals surface area contributed by atoms with E-state index in [1.54, 1.807) is 12.1 Å². The van der Waals surface area contributed by atoms with Gasteiger partial charge in [0, 0.05) is 40.1 Å². The van der Waals surface area contributed by atoms with Crippen molar-refractivity contribution in [2.75, 3.05) is 0 Å². The molecule has 3 nitrogen and oxygen atoms in total.